The molecule has 182 valence electrons. The van der Waals surface area contributed by atoms with E-state index in [4.69, 9.17) is 4.74 Å². The Labute approximate surface area is 222 Å². The van der Waals surface area contributed by atoms with Gasteiger partial charge < -0.3 is 19.9 Å². The first-order valence-corrected chi connectivity index (χ1v) is 13.1. The molecule has 0 aromatic heterocycles. The largest absolute Gasteiger partial charge is 0.495 e. The third kappa shape index (κ3) is 5.87. The smallest absolute Gasteiger partial charge is 0.259 e. The molecular weight excluding hydrogens is 574 g/mol. The molecule has 2 amide bonds. The van der Waals surface area contributed by atoms with E-state index in [2.05, 4.69) is 49.0 Å². The Morgan fingerprint density at radius 2 is 1.60 bits per heavy atom. The predicted molar refractivity (Wildman–Crippen MR) is 147 cm³/mol. The molecule has 1 aliphatic rings. The normalized spacial score (nSPS) is 13.5. The molecule has 0 radical (unpaired) electrons. The molecule has 0 saturated carbocycles. The summed E-state index contributed by atoms with van der Waals surface area (Å²) in [4.78, 5) is 29.9. The van der Waals surface area contributed by atoms with Gasteiger partial charge in [0, 0.05) is 47.6 Å². The maximum Gasteiger partial charge on any atom is 0.259 e. The minimum atomic E-state index is -0.254. The third-order valence-corrected chi connectivity index (χ3v) is 7.17. The van der Waals surface area contributed by atoms with Crippen molar-refractivity contribution in [3.63, 3.8) is 0 Å². The highest BCUT2D eigenvalue weighted by Crippen LogP contribution is 2.33. The lowest BCUT2D eigenvalue weighted by atomic mass is 10.1. The van der Waals surface area contributed by atoms with E-state index in [0.29, 0.717) is 34.6 Å². The number of benzene rings is 3. The number of hydrogen-bond donors (Lipinski definition) is 1. The number of hydrogen-bond acceptors (Lipinski definition) is 4. The Balaban J connectivity index is 1.36. The monoisotopic (exact) mass is 599 g/mol. The van der Waals surface area contributed by atoms with Crippen LogP contribution in [0.2, 0.25) is 0 Å². The van der Waals surface area contributed by atoms with Gasteiger partial charge in [0.15, 0.2) is 0 Å². The molecule has 6 nitrogen and oxygen atoms in total. The number of carbonyl (C=O) groups excluding carboxylic acids is 2. The Bertz CT molecular complexity index is 1210. The Kier molecular flexibility index (Phi) is 8.13. The van der Waals surface area contributed by atoms with Gasteiger partial charge in [-0.25, -0.2) is 0 Å². The van der Waals surface area contributed by atoms with Crippen LogP contribution in [0.1, 0.15) is 33.2 Å². The summed E-state index contributed by atoms with van der Waals surface area (Å²) in [5.41, 5.74) is 4.16. The van der Waals surface area contributed by atoms with Crippen molar-refractivity contribution < 1.29 is 14.3 Å². The van der Waals surface area contributed by atoms with Gasteiger partial charge in [-0.15, -0.1) is 0 Å². The molecule has 0 unspecified atom stereocenters. The highest BCUT2D eigenvalue weighted by atomic mass is 79.9. The van der Waals surface area contributed by atoms with Gasteiger partial charge in [0.1, 0.15) is 5.75 Å². The zero-order valence-corrected chi connectivity index (χ0v) is 22.9. The fraction of sp³-hybridized carbons (Fsp3) is 0.259. The van der Waals surface area contributed by atoms with Crippen LogP contribution in [0.5, 0.6) is 5.75 Å². The van der Waals surface area contributed by atoms with Crippen LogP contribution in [0.25, 0.3) is 0 Å². The standard InChI is InChI=1S/C27H27Br2N3O3/c1-3-18-4-6-19(7-5-18)27(34)32-14-12-31(13-15-32)22-10-8-21(9-11-22)30-26(33)23-16-20(28)17-24(29)25(23)35-2/h4-11,16-17H,3,12-15H2,1-2H3,(H,30,33). The van der Waals surface area contributed by atoms with Crippen molar-refractivity contribution in [2.75, 3.05) is 43.5 Å². The second kappa shape index (κ2) is 11.3. The maximum absolute atomic E-state index is 12.9. The molecule has 0 atom stereocenters. The van der Waals surface area contributed by atoms with E-state index < -0.39 is 0 Å². The molecule has 8 heteroatoms. The molecule has 0 spiro atoms. The van der Waals surface area contributed by atoms with Crippen molar-refractivity contribution >= 4 is 55.0 Å². The third-order valence-electron chi connectivity index (χ3n) is 6.12. The van der Waals surface area contributed by atoms with Crippen LogP contribution in [0, 0.1) is 0 Å². The van der Waals surface area contributed by atoms with Gasteiger partial charge >= 0.3 is 0 Å². The molecule has 0 bridgehead atoms. The van der Waals surface area contributed by atoms with E-state index in [1.165, 1.54) is 12.7 Å². The number of nitrogens with one attached hydrogen (secondary N) is 1. The zero-order chi connectivity index (χ0) is 24.9. The van der Waals surface area contributed by atoms with Crippen LogP contribution >= 0.6 is 31.9 Å². The first-order chi connectivity index (χ1) is 16.9. The van der Waals surface area contributed by atoms with Crippen LogP contribution in [-0.2, 0) is 6.42 Å². The van der Waals surface area contributed by atoms with E-state index >= 15 is 0 Å². The van der Waals surface area contributed by atoms with Crippen molar-refractivity contribution in [1.82, 2.24) is 4.90 Å². The van der Waals surface area contributed by atoms with E-state index in [1.807, 2.05) is 59.5 Å². The Morgan fingerprint density at radius 1 is 0.943 bits per heavy atom. The summed E-state index contributed by atoms with van der Waals surface area (Å²) in [6.07, 6.45) is 0.964. The summed E-state index contributed by atoms with van der Waals surface area (Å²) >= 11 is 6.85. The number of nitrogens with zero attached hydrogens (tertiary/aromatic N) is 2. The second-order valence-electron chi connectivity index (χ2n) is 8.30. The Morgan fingerprint density at radius 3 is 2.20 bits per heavy atom. The number of halogens is 2. The highest BCUT2D eigenvalue weighted by Gasteiger charge is 2.22. The molecule has 1 aliphatic heterocycles. The minimum Gasteiger partial charge on any atom is -0.495 e. The summed E-state index contributed by atoms with van der Waals surface area (Å²) < 4.78 is 6.87. The van der Waals surface area contributed by atoms with E-state index in [0.717, 1.165) is 35.2 Å². The van der Waals surface area contributed by atoms with Crippen LogP contribution in [0.3, 0.4) is 0 Å². The summed E-state index contributed by atoms with van der Waals surface area (Å²) in [7, 11) is 1.54. The van der Waals surface area contributed by atoms with Gasteiger partial charge in [-0.3, -0.25) is 9.59 Å². The van der Waals surface area contributed by atoms with Gasteiger partial charge in [-0.05, 0) is 76.4 Å². The first-order valence-electron chi connectivity index (χ1n) is 11.5. The maximum atomic E-state index is 12.9. The van der Waals surface area contributed by atoms with Gasteiger partial charge in [-0.2, -0.15) is 0 Å². The zero-order valence-electron chi connectivity index (χ0n) is 19.7. The molecule has 1 heterocycles. The van der Waals surface area contributed by atoms with Gasteiger partial charge in [0.25, 0.3) is 11.8 Å². The van der Waals surface area contributed by atoms with E-state index in [1.54, 1.807) is 6.07 Å². The van der Waals surface area contributed by atoms with Crippen molar-refractivity contribution in [2.45, 2.75) is 13.3 Å². The van der Waals surface area contributed by atoms with E-state index in [-0.39, 0.29) is 11.8 Å². The molecular formula is C27H27Br2N3O3. The number of piperazine rings is 1. The van der Waals surface area contributed by atoms with Crippen molar-refractivity contribution in [1.29, 1.82) is 0 Å². The molecule has 1 saturated heterocycles. The SMILES string of the molecule is CCc1ccc(C(=O)N2CCN(c3ccc(NC(=O)c4cc(Br)cc(Br)c4OC)cc3)CC2)cc1. The van der Waals surface area contributed by atoms with Crippen LogP contribution in [0.15, 0.2) is 69.6 Å². The predicted octanol–water partition coefficient (Wildman–Crippen LogP) is 6.00. The summed E-state index contributed by atoms with van der Waals surface area (Å²) in [6.45, 7) is 4.96. The molecule has 0 aliphatic carbocycles. The molecule has 1 N–H and O–H groups in total. The van der Waals surface area contributed by atoms with Gasteiger partial charge in [0.05, 0.1) is 17.1 Å². The van der Waals surface area contributed by atoms with Gasteiger partial charge in [0.2, 0.25) is 0 Å². The van der Waals surface area contributed by atoms with Crippen LogP contribution < -0.4 is 15.0 Å². The topological polar surface area (TPSA) is 61.9 Å². The summed E-state index contributed by atoms with van der Waals surface area (Å²) in [6, 6.07) is 19.2. The fourth-order valence-electron chi connectivity index (χ4n) is 4.12. The average Bonchev–Trinajstić information content (AvgIpc) is 2.88. The van der Waals surface area contributed by atoms with Crippen LogP contribution in [-0.4, -0.2) is 50.0 Å². The quantitative estimate of drug-likeness (QED) is 0.377. The Hall–Kier alpha value is -2.84. The van der Waals surface area contributed by atoms with Crippen LogP contribution in [0.4, 0.5) is 11.4 Å². The minimum absolute atomic E-state index is 0.0833. The lowest BCUT2D eigenvalue weighted by Gasteiger charge is -2.36. The number of ether oxygens (including phenoxy) is 1. The molecule has 1 fully saturated rings. The number of anilines is 2. The molecule has 4 rings (SSSR count). The highest BCUT2D eigenvalue weighted by molar-refractivity contribution is 9.11. The molecule has 3 aromatic carbocycles. The van der Waals surface area contributed by atoms with Crippen molar-refractivity contribution in [3.8, 4) is 5.75 Å². The second-order valence-corrected chi connectivity index (χ2v) is 10.1. The number of amides is 2. The number of aryl methyl sites for hydroxylation is 1. The van der Waals surface area contributed by atoms with Crippen molar-refractivity contribution in [2.24, 2.45) is 0 Å². The average molecular weight is 601 g/mol. The number of methoxy groups -OCH3 is 1. The van der Waals surface area contributed by atoms with Crippen molar-refractivity contribution in [3.05, 3.63) is 86.3 Å². The first kappa shape index (κ1) is 25.3. The number of carbonyl (C=O) groups is 2. The lowest BCUT2D eigenvalue weighted by Crippen LogP contribution is -2.48. The number of rotatable bonds is 6. The molecule has 35 heavy (non-hydrogen) atoms. The van der Waals surface area contributed by atoms with E-state index in [9.17, 15) is 9.59 Å². The fourth-order valence-corrected chi connectivity index (χ4v) is 5.51. The lowest BCUT2D eigenvalue weighted by molar-refractivity contribution is 0.0746. The molecule has 3 aromatic rings. The summed E-state index contributed by atoms with van der Waals surface area (Å²) in [5.74, 6) is 0.312. The summed E-state index contributed by atoms with van der Waals surface area (Å²) in [5, 5.41) is 2.93. The van der Waals surface area contributed by atoms with Gasteiger partial charge in [-0.1, -0.05) is 35.0 Å².